The fourth-order valence-electron chi connectivity index (χ4n) is 0.739. The lowest BCUT2D eigenvalue weighted by Gasteiger charge is -1.94. The molecule has 0 unspecified atom stereocenters. The molecule has 0 saturated carbocycles. The smallest absolute Gasteiger partial charge is 0.163 e. The summed E-state index contributed by atoms with van der Waals surface area (Å²) in [6, 6.07) is 5.42. The van der Waals surface area contributed by atoms with Crippen molar-refractivity contribution in [2.24, 2.45) is 0 Å². The number of nitrogens with zero attached hydrogens (tertiary/aromatic N) is 1. The molecule has 0 fully saturated rings. The molecule has 56 valence electrons. The van der Waals surface area contributed by atoms with E-state index in [9.17, 15) is 4.79 Å². The predicted molar refractivity (Wildman–Crippen MR) is 41.7 cm³/mol. The molecule has 0 spiro atoms. The molecule has 0 saturated heterocycles. The Morgan fingerprint density at radius 2 is 2.45 bits per heavy atom. The van der Waals surface area contributed by atoms with Crippen LogP contribution in [0.25, 0.3) is 0 Å². The van der Waals surface area contributed by atoms with E-state index in [4.69, 9.17) is 5.41 Å². The number of pyridine rings is 1. The summed E-state index contributed by atoms with van der Waals surface area (Å²) in [7, 11) is 0. The quantitative estimate of drug-likeness (QED) is 0.510. The van der Waals surface area contributed by atoms with Crippen LogP contribution in [-0.2, 0) is 11.2 Å². The molecule has 3 heteroatoms. The summed E-state index contributed by atoms with van der Waals surface area (Å²) in [5.74, 6) is 0. The molecule has 0 bridgehead atoms. The molecule has 1 N–H and O–H groups in total. The Bertz CT molecular complexity index is 256. The van der Waals surface area contributed by atoms with Crippen LogP contribution in [0.4, 0.5) is 0 Å². The minimum absolute atomic E-state index is 0.0590. The molecule has 0 radical (unpaired) electrons. The highest BCUT2D eigenvalue weighted by Crippen LogP contribution is 1.93. The topological polar surface area (TPSA) is 53.8 Å². The number of aromatic nitrogens is 1. The van der Waals surface area contributed by atoms with E-state index < -0.39 is 0 Å². The van der Waals surface area contributed by atoms with Gasteiger partial charge in [0.1, 0.15) is 0 Å². The van der Waals surface area contributed by atoms with Gasteiger partial charge in [0, 0.05) is 18.3 Å². The first-order valence-corrected chi connectivity index (χ1v) is 3.25. The number of hydrogen-bond acceptors (Lipinski definition) is 3. The van der Waals surface area contributed by atoms with Crippen molar-refractivity contribution in [2.45, 2.75) is 6.42 Å². The van der Waals surface area contributed by atoms with Crippen molar-refractivity contribution < 1.29 is 4.79 Å². The van der Waals surface area contributed by atoms with Gasteiger partial charge in [-0.2, -0.15) is 0 Å². The lowest BCUT2D eigenvalue weighted by atomic mass is 10.2. The van der Waals surface area contributed by atoms with Crippen molar-refractivity contribution in [1.82, 2.24) is 4.98 Å². The largest absolute Gasteiger partial charge is 0.301 e. The van der Waals surface area contributed by atoms with Gasteiger partial charge in [0.2, 0.25) is 0 Å². The molecule has 0 aliphatic rings. The lowest BCUT2D eigenvalue weighted by Crippen LogP contribution is -2.03. The first-order chi connectivity index (χ1) is 5.33. The van der Waals surface area contributed by atoms with E-state index in [-0.39, 0.29) is 5.71 Å². The van der Waals surface area contributed by atoms with Crippen LogP contribution in [0.5, 0.6) is 0 Å². The lowest BCUT2D eigenvalue weighted by molar-refractivity contribution is -0.102. The number of rotatable bonds is 3. The van der Waals surface area contributed by atoms with E-state index in [0.717, 1.165) is 5.69 Å². The van der Waals surface area contributed by atoms with Gasteiger partial charge in [-0.25, -0.2) is 0 Å². The van der Waals surface area contributed by atoms with Crippen LogP contribution < -0.4 is 0 Å². The number of nitrogens with one attached hydrogen (secondary N) is 1. The third-order valence-electron chi connectivity index (χ3n) is 1.24. The summed E-state index contributed by atoms with van der Waals surface area (Å²) in [5.41, 5.74) is 0.813. The van der Waals surface area contributed by atoms with E-state index in [2.05, 4.69) is 4.98 Å². The van der Waals surface area contributed by atoms with Gasteiger partial charge < -0.3 is 5.41 Å². The Morgan fingerprint density at radius 3 is 3.00 bits per heavy atom. The second-order valence-corrected chi connectivity index (χ2v) is 2.14. The molecule has 0 aliphatic carbocycles. The van der Waals surface area contributed by atoms with Crippen LogP contribution in [0.2, 0.25) is 0 Å². The second-order valence-electron chi connectivity index (χ2n) is 2.14. The number of carbonyl (C=O) groups excluding carboxylic acids is 1. The van der Waals surface area contributed by atoms with Gasteiger partial charge in [-0.3, -0.25) is 9.78 Å². The molecule has 3 nitrogen and oxygen atoms in total. The monoisotopic (exact) mass is 148 g/mol. The Hall–Kier alpha value is -1.51. The van der Waals surface area contributed by atoms with Crippen molar-refractivity contribution in [2.75, 3.05) is 0 Å². The number of hydrogen-bond donors (Lipinski definition) is 1. The maximum absolute atomic E-state index is 10.1. The van der Waals surface area contributed by atoms with Gasteiger partial charge in [0.05, 0.1) is 5.71 Å². The van der Waals surface area contributed by atoms with Gasteiger partial charge in [0.25, 0.3) is 0 Å². The van der Waals surface area contributed by atoms with E-state index in [1.54, 1.807) is 18.3 Å². The third-order valence-corrected chi connectivity index (χ3v) is 1.24. The molecule has 1 heterocycles. The minimum atomic E-state index is 0.0590. The summed E-state index contributed by atoms with van der Waals surface area (Å²) >= 11 is 0. The Kier molecular flexibility index (Phi) is 2.49. The highest BCUT2D eigenvalue weighted by molar-refractivity contribution is 6.27. The van der Waals surface area contributed by atoms with Crippen molar-refractivity contribution >= 4 is 12.0 Å². The molecule has 0 atom stereocenters. The molecule has 0 aliphatic heterocycles. The Morgan fingerprint density at radius 1 is 1.64 bits per heavy atom. The van der Waals surface area contributed by atoms with Crippen LogP contribution in [0.3, 0.4) is 0 Å². The molecule has 11 heavy (non-hydrogen) atoms. The molecule has 0 amide bonds. The first-order valence-electron chi connectivity index (χ1n) is 3.25. The van der Waals surface area contributed by atoms with Gasteiger partial charge >= 0.3 is 0 Å². The zero-order valence-electron chi connectivity index (χ0n) is 5.95. The zero-order valence-corrected chi connectivity index (χ0v) is 5.95. The van der Waals surface area contributed by atoms with Crippen molar-refractivity contribution in [3.05, 3.63) is 30.1 Å². The first kappa shape index (κ1) is 7.60. The van der Waals surface area contributed by atoms with E-state index in [0.29, 0.717) is 12.7 Å². The van der Waals surface area contributed by atoms with E-state index >= 15 is 0 Å². The molecular weight excluding hydrogens is 140 g/mol. The Labute approximate surface area is 64.6 Å². The fourth-order valence-corrected chi connectivity index (χ4v) is 0.739. The van der Waals surface area contributed by atoms with Gasteiger partial charge in [-0.05, 0) is 12.1 Å². The molecule has 1 aromatic heterocycles. The predicted octanol–water partition coefficient (Wildman–Crippen LogP) is 0.843. The van der Waals surface area contributed by atoms with Crippen molar-refractivity contribution in [3.8, 4) is 0 Å². The van der Waals surface area contributed by atoms with Crippen LogP contribution in [0.1, 0.15) is 5.69 Å². The summed E-state index contributed by atoms with van der Waals surface area (Å²) in [6.07, 6.45) is 2.51. The second kappa shape index (κ2) is 3.61. The fraction of sp³-hybridized carbons (Fsp3) is 0.125. The van der Waals surface area contributed by atoms with Crippen LogP contribution in [-0.4, -0.2) is 17.0 Å². The highest BCUT2D eigenvalue weighted by Gasteiger charge is 1.96. The highest BCUT2D eigenvalue weighted by atomic mass is 16.1. The third kappa shape index (κ3) is 2.29. The summed E-state index contributed by atoms with van der Waals surface area (Å²) < 4.78 is 0. The Balaban J connectivity index is 2.65. The zero-order chi connectivity index (χ0) is 8.10. The van der Waals surface area contributed by atoms with Crippen LogP contribution in [0, 0.1) is 5.41 Å². The average Bonchev–Trinajstić information content (AvgIpc) is 2.06. The SMILES string of the molecule is N=C(C=O)Cc1ccccn1. The van der Waals surface area contributed by atoms with E-state index in [1.165, 1.54) is 0 Å². The average molecular weight is 148 g/mol. The van der Waals surface area contributed by atoms with Gasteiger partial charge in [0.15, 0.2) is 6.29 Å². The van der Waals surface area contributed by atoms with Gasteiger partial charge in [-0.15, -0.1) is 0 Å². The van der Waals surface area contributed by atoms with Crippen LogP contribution in [0.15, 0.2) is 24.4 Å². The van der Waals surface area contributed by atoms with Crippen molar-refractivity contribution in [3.63, 3.8) is 0 Å². The maximum Gasteiger partial charge on any atom is 0.163 e. The minimum Gasteiger partial charge on any atom is -0.301 e. The number of carbonyl (C=O) groups is 1. The normalized spacial score (nSPS) is 9.09. The summed E-state index contributed by atoms with van der Waals surface area (Å²) in [5, 5.41) is 7.07. The molecule has 0 aromatic carbocycles. The molecular formula is C8H8N2O. The van der Waals surface area contributed by atoms with Gasteiger partial charge in [-0.1, -0.05) is 6.07 Å². The van der Waals surface area contributed by atoms with E-state index in [1.807, 2.05) is 6.07 Å². The standard InChI is InChI=1S/C8H8N2O/c9-7(6-11)5-8-3-1-2-4-10-8/h1-4,6,9H,5H2. The van der Waals surface area contributed by atoms with Crippen LogP contribution >= 0.6 is 0 Å². The summed E-state index contributed by atoms with van der Waals surface area (Å²) in [6.45, 7) is 0. The molecule has 1 rings (SSSR count). The number of aldehydes is 1. The van der Waals surface area contributed by atoms with Crippen molar-refractivity contribution in [1.29, 1.82) is 5.41 Å². The maximum atomic E-state index is 10.1. The molecule has 1 aromatic rings. The summed E-state index contributed by atoms with van der Waals surface area (Å²) in [4.78, 5) is 14.0.